The van der Waals surface area contributed by atoms with Gasteiger partial charge in [0, 0.05) is 5.92 Å². The predicted molar refractivity (Wildman–Crippen MR) is 79.7 cm³/mol. The standard InChI is InChI=1S/C15H18ClNO4/c1-21-13-11(16)6-3-7-12(13)17-14(18)9-4-2-5-10(8-9)15(19)20/h3,6-7,9-10H,2,4-5,8H2,1H3,(H,17,18)(H,19,20). The molecule has 0 heterocycles. The second-order valence-electron chi connectivity index (χ2n) is 5.21. The molecule has 1 aliphatic carbocycles. The molecule has 5 nitrogen and oxygen atoms in total. The Kier molecular flexibility index (Phi) is 5.07. The molecule has 1 aromatic rings. The zero-order valence-electron chi connectivity index (χ0n) is 11.8. The van der Waals surface area contributed by atoms with Crippen LogP contribution in [0.25, 0.3) is 0 Å². The molecule has 1 aliphatic rings. The number of methoxy groups -OCH3 is 1. The summed E-state index contributed by atoms with van der Waals surface area (Å²) in [6.07, 6.45) is 2.48. The van der Waals surface area contributed by atoms with E-state index in [9.17, 15) is 9.59 Å². The van der Waals surface area contributed by atoms with Gasteiger partial charge in [0.15, 0.2) is 5.75 Å². The van der Waals surface area contributed by atoms with Crippen LogP contribution in [0.5, 0.6) is 5.75 Å². The van der Waals surface area contributed by atoms with Crippen LogP contribution in [-0.4, -0.2) is 24.1 Å². The molecule has 2 atom stereocenters. The number of carboxylic acids is 1. The number of hydrogen-bond donors (Lipinski definition) is 2. The van der Waals surface area contributed by atoms with Crippen molar-refractivity contribution in [3.63, 3.8) is 0 Å². The molecular formula is C15H18ClNO4. The summed E-state index contributed by atoms with van der Waals surface area (Å²) in [6.45, 7) is 0. The summed E-state index contributed by atoms with van der Waals surface area (Å²) in [5, 5.41) is 12.3. The van der Waals surface area contributed by atoms with Crippen LogP contribution >= 0.6 is 11.6 Å². The van der Waals surface area contributed by atoms with Gasteiger partial charge in [-0.05, 0) is 31.4 Å². The van der Waals surface area contributed by atoms with E-state index >= 15 is 0 Å². The third-order valence-corrected chi connectivity index (χ3v) is 4.12. The van der Waals surface area contributed by atoms with Crippen LogP contribution in [0.4, 0.5) is 5.69 Å². The number of halogens is 1. The number of carbonyl (C=O) groups excluding carboxylic acids is 1. The molecular weight excluding hydrogens is 294 g/mol. The van der Waals surface area contributed by atoms with Gasteiger partial charge in [0.2, 0.25) is 5.91 Å². The Hall–Kier alpha value is -1.75. The van der Waals surface area contributed by atoms with Crippen LogP contribution in [0.15, 0.2) is 18.2 Å². The first kappa shape index (κ1) is 15.6. The van der Waals surface area contributed by atoms with E-state index in [-0.39, 0.29) is 11.8 Å². The van der Waals surface area contributed by atoms with Gasteiger partial charge in [0.05, 0.1) is 23.7 Å². The van der Waals surface area contributed by atoms with Gasteiger partial charge < -0.3 is 15.2 Å². The molecule has 0 spiro atoms. The maximum atomic E-state index is 12.3. The smallest absolute Gasteiger partial charge is 0.306 e. The number of aliphatic carboxylic acids is 1. The minimum Gasteiger partial charge on any atom is -0.493 e. The highest BCUT2D eigenvalue weighted by Gasteiger charge is 2.31. The van der Waals surface area contributed by atoms with E-state index in [1.807, 2.05) is 0 Å². The lowest BCUT2D eigenvalue weighted by molar-refractivity contribution is -0.143. The molecule has 2 unspecified atom stereocenters. The molecule has 2 rings (SSSR count). The van der Waals surface area contributed by atoms with Crippen LogP contribution < -0.4 is 10.1 Å². The van der Waals surface area contributed by atoms with E-state index in [0.717, 1.165) is 6.42 Å². The number of benzene rings is 1. The molecule has 21 heavy (non-hydrogen) atoms. The monoisotopic (exact) mass is 311 g/mol. The van der Waals surface area contributed by atoms with Crippen molar-refractivity contribution < 1.29 is 19.4 Å². The highest BCUT2D eigenvalue weighted by atomic mass is 35.5. The fourth-order valence-corrected chi connectivity index (χ4v) is 2.95. The van der Waals surface area contributed by atoms with E-state index in [0.29, 0.717) is 35.7 Å². The number of carboxylic acid groups (broad SMARTS) is 1. The maximum Gasteiger partial charge on any atom is 0.306 e. The van der Waals surface area contributed by atoms with E-state index in [2.05, 4.69) is 5.32 Å². The topological polar surface area (TPSA) is 75.6 Å². The van der Waals surface area contributed by atoms with Gasteiger partial charge in [0.25, 0.3) is 0 Å². The summed E-state index contributed by atoms with van der Waals surface area (Å²) in [5.41, 5.74) is 0.507. The number of amides is 1. The molecule has 114 valence electrons. The largest absolute Gasteiger partial charge is 0.493 e. The van der Waals surface area contributed by atoms with E-state index in [1.54, 1.807) is 18.2 Å². The number of anilines is 1. The van der Waals surface area contributed by atoms with Gasteiger partial charge >= 0.3 is 5.97 Å². The first-order valence-corrected chi connectivity index (χ1v) is 7.27. The molecule has 1 fully saturated rings. The first-order chi connectivity index (χ1) is 10.0. The highest BCUT2D eigenvalue weighted by Crippen LogP contribution is 2.34. The predicted octanol–water partition coefficient (Wildman–Crippen LogP) is 3.18. The molecule has 1 saturated carbocycles. The van der Waals surface area contributed by atoms with E-state index < -0.39 is 11.9 Å². The third kappa shape index (κ3) is 3.67. The molecule has 0 aromatic heterocycles. The second kappa shape index (κ2) is 6.80. The summed E-state index contributed by atoms with van der Waals surface area (Å²) >= 11 is 6.01. The summed E-state index contributed by atoms with van der Waals surface area (Å²) in [7, 11) is 1.48. The molecule has 0 radical (unpaired) electrons. The molecule has 1 aromatic carbocycles. The number of carbonyl (C=O) groups is 2. The van der Waals surface area contributed by atoms with Crippen LogP contribution in [0.1, 0.15) is 25.7 Å². The van der Waals surface area contributed by atoms with Crippen molar-refractivity contribution in [3.05, 3.63) is 23.2 Å². The molecule has 1 amide bonds. The normalized spacial score (nSPS) is 21.6. The van der Waals surface area contributed by atoms with Crippen molar-refractivity contribution in [3.8, 4) is 5.75 Å². The summed E-state index contributed by atoms with van der Waals surface area (Å²) < 4.78 is 5.18. The van der Waals surface area contributed by atoms with Gasteiger partial charge in [-0.25, -0.2) is 0 Å². The molecule has 0 aliphatic heterocycles. The fourth-order valence-electron chi connectivity index (χ4n) is 2.70. The average molecular weight is 312 g/mol. The Morgan fingerprint density at radius 1 is 1.33 bits per heavy atom. The maximum absolute atomic E-state index is 12.3. The first-order valence-electron chi connectivity index (χ1n) is 6.89. The summed E-state index contributed by atoms with van der Waals surface area (Å²) in [5.74, 6) is -1.31. The average Bonchev–Trinajstić information content (AvgIpc) is 2.47. The van der Waals surface area contributed by atoms with Crippen molar-refractivity contribution in [1.82, 2.24) is 0 Å². The van der Waals surface area contributed by atoms with Crippen LogP contribution in [0, 0.1) is 11.8 Å². The Bertz CT molecular complexity index is 546. The third-order valence-electron chi connectivity index (χ3n) is 3.82. The Balaban J connectivity index is 2.08. The van der Waals surface area contributed by atoms with Crippen LogP contribution in [0.2, 0.25) is 5.02 Å². The number of para-hydroxylation sites is 1. The fraction of sp³-hybridized carbons (Fsp3) is 0.467. The molecule has 0 saturated heterocycles. The lowest BCUT2D eigenvalue weighted by atomic mass is 9.81. The number of ether oxygens (including phenoxy) is 1. The minimum atomic E-state index is -0.826. The highest BCUT2D eigenvalue weighted by molar-refractivity contribution is 6.32. The quantitative estimate of drug-likeness (QED) is 0.895. The van der Waals surface area contributed by atoms with Gasteiger partial charge in [-0.15, -0.1) is 0 Å². The summed E-state index contributed by atoms with van der Waals surface area (Å²) in [4.78, 5) is 23.4. The zero-order valence-corrected chi connectivity index (χ0v) is 12.5. The Morgan fingerprint density at radius 3 is 2.71 bits per heavy atom. The number of nitrogens with one attached hydrogen (secondary N) is 1. The molecule has 6 heteroatoms. The number of rotatable bonds is 4. The van der Waals surface area contributed by atoms with Crippen molar-refractivity contribution in [2.45, 2.75) is 25.7 Å². The minimum absolute atomic E-state index is 0.179. The van der Waals surface area contributed by atoms with Gasteiger partial charge in [0.1, 0.15) is 0 Å². The molecule has 2 N–H and O–H groups in total. The SMILES string of the molecule is COc1c(Cl)cccc1NC(=O)C1CCCC(C(=O)O)C1. The van der Waals surface area contributed by atoms with Gasteiger partial charge in [-0.1, -0.05) is 24.1 Å². The summed E-state index contributed by atoms with van der Waals surface area (Å²) in [6, 6.07) is 5.11. The Morgan fingerprint density at radius 2 is 2.05 bits per heavy atom. The molecule has 0 bridgehead atoms. The van der Waals surface area contributed by atoms with Crippen molar-refractivity contribution >= 4 is 29.2 Å². The van der Waals surface area contributed by atoms with Crippen LogP contribution in [-0.2, 0) is 9.59 Å². The van der Waals surface area contributed by atoms with Crippen molar-refractivity contribution in [1.29, 1.82) is 0 Å². The van der Waals surface area contributed by atoms with Gasteiger partial charge in [-0.2, -0.15) is 0 Å². The van der Waals surface area contributed by atoms with E-state index in [1.165, 1.54) is 7.11 Å². The lowest BCUT2D eigenvalue weighted by Gasteiger charge is -2.26. The zero-order chi connectivity index (χ0) is 15.4. The Labute approximate surface area is 128 Å². The van der Waals surface area contributed by atoms with E-state index in [4.69, 9.17) is 21.4 Å². The number of hydrogen-bond acceptors (Lipinski definition) is 3. The van der Waals surface area contributed by atoms with Crippen LogP contribution in [0.3, 0.4) is 0 Å². The second-order valence-corrected chi connectivity index (χ2v) is 5.62. The van der Waals surface area contributed by atoms with Gasteiger partial charge in [-0.3, -0.25) is 9.59 Å². The lowest BCUT2D eigenvalue weighted by Crippen LogP contribution is -2.31. The van der Waals surface area contributed by atoms with Crippen molar-refractivity contribution in [2.75, 3.05) is 12.4 Å². The van der Waals surface area contributed by atoms with Crippen molar-refractivity contribution in [2.24, 2.45) is 11.8 Å².